The number of carbonyl (C=O) groups excluding carboxylic acids is 2. The average molecular weight is 393 g/mol. The fourth-order valence-corrected chi connectivity index (χ4v) is 9.72. The SMILES string of the molecule is C[C@]12CCC(=O)C=C1C1(CC1)CC1C2C=C[C@@]2(C)C1C1CCC1[C@@]21CCC(=O)O1. The summed E-state index contributed by atoms with van der Waals surface area (Å²) in [6, 6.07) is 0. The number of ketones is 1. The highest BCUT2D eigenvalue weighted by Crippen LogP contribution is 2.78. The van der Waals surface area contributed by atoms with Crippen LogP contribution in [0.15, 0.2) is 23.8 Å². The minimum Gasteiger partial charge on any atom is -0.458 e. The molecule has 154 valence electrons. The van der Waals surface area contributed by atoms with Gasteiger partial charge < -0.3 is 4.74 Å². The maximum absolute atomic E-state index is 12.3. The number of hydrogen-bond acceptors (Lipinski definition) is 3. The van der Waals surface area contributed by atoms with Gasteiger partial charge in [0.2, 0.25) is 0 Å². The molecule has 2 spiro atoms. The van der Waals surface area contributed by atoms with Gasteiger partial charge in [0.05, 0.1) is 0 Å². The van der Waals surface area contributed by atoms with E-state index in [0.717, 1.165) is 18.8 Å². The molecule has 8 atom stereocenters. The molecule has 7 rings (SSSR count). The lowest BCUT2D eigenvalue weighted by atomic mass is 9.45. The van der Waals surface area contributed by atoms with Crippen LogP contribution in [-0.4, -0.2) is 17.4 Å². The molecule has 6 aliphatic carbocycles. The normalized spacial score (nSPS) is 55.5. The summed E-state index contributed by atoms with van der Waals surface area (Å²) in [6.45, 7) is 4.90. The van der Waals surface area contributed by atoms with Crippen LogP contribution in [-0.2, 0) is 14.3 Å². The third-order valence-electron chi connectivity index (χ3n) is 11.2. The summed E-state index contributed by atoms with van der Waals surface area (Å²) < 4.78 is 6.26. The Morgan fingerprint density at radius 1 is 1.00 bits per heavy atom. The number of carbonyl (C=O) groups is 2. The first-order valence-corrected chi connectivity index (χ1v) is 12.0. The molecule has 0 amide bonds. The van der Waals surface area contributed by atoms with E-state index in [9.17, 15) is 9.59 Å². The highest BCUT2D eigenvalue weighted by atomic mass is 16.6. The summed E-state index contributed by atoms with van der Waals surface area (Å²) in [5.74, 6) is 3.52. The monoisotopic (exact) mass is 392 g/mol. The maximum Gasteiger partial charge on any atom is 0.306 e. The Kier molecular flexibility index (Phi) is 2.94. The van der Waals surface area contributed by atoms with Gasteiger partial charge in [-0.15, -0.1) is 0 Å². The molecule has 3 nitrogen and oxygen atoms in total. The lowest BCUT2D eigenvalue weighted by Crippen LogP contribution is -2.54. The van der Waals surface area contributed by atoms with Crippen molar-refractivity contribution < 1.29 is 14.3 Å². The Morgan fingerprint density at radius 3 is 2.48 bits per heavy atom. The van der Waals surface area contributed by atoms with E-state index in [2.05, 4.69) is 32.1 Å². The van der Waals surface area contributed by atoms with E-state index in [1.807, 2.05) is 0 Å². The van der Waals surface area contributed by atoms with Crippen molar-refractivity contribution in [3.63, 3.8) is 0 Å². The van der Waals surface area contributed by atoms with Crippen LogP contribution in [0.2, 0.25) is 0 Å². The first-order valence-electron chi connectivity index (χ1n) is 12.0. The number of hydrogen-bond donors (Lipinski definition) is 0. The second kappa shape index (κ2) is 4.92. The Morgan fingerprint density at radius 2 is 1.83 bits per heavy atom. The van der Waals surface area contributed by atoms with Crippen molar-refractivity contribution in [2.75, 3.05) is 0 Å². The molecule has 7 aliphatic rings. The quantitative estimate of drug-likeness (QED) is 0.430. The van der Waals surface area contributed by atoms with Gasteiger partial charge in [0.1, 0.15) is 5.60 Å². The van der Waals surface area contributed by atoms with Gasteiger partial charge in [-0.3, -0.25) is 9.59 Å². The fraction of sp³-hybridized carbons (Fsp3) is 0.769. The third kappa shape index (κ3) is 1.76. The summed E-state index contributed by atoms with van der Waals surface area (Å²) in [7, 11) is 0. The van der Waals surface area contributed by atoms with Gasteiger partial charge in [-0.1, -0.05) is 31.6 Å². The predicted molar refractivity (Wildman–Crippen MR) is 109 cm³/mol. The van der Waals surface area contributed by atoms with Crippen molar-refractivity contribution in [3.05, 3.63) is 23.8 Å². The number of allylic oxidation sites excluding steroid dienone is 3. The van der Waals surface area contributed by atoms with E-state index in [-0.39, 0.29) is 22.4 Å². The van der Waals surface area contributed by atoms with Crippen LogP contribution in [0.4, 0.5) is 0 Å². The number of esters is 1. The summed E-state index contributed by atoms with van der Waals surface area (Å²) in [5.41, 5.74) is 1.70. The van der Waals surface area contributed by atoms with Crippen molar-refractivity contribution >= 4 is 11.8 Å². The lowest BCUT2D eigenvalue weighted by Gasteiger charge is -2.59. The first-order chi connectivity index (χ1) is 13.8. The standard InChI is InChI=1S/C26H32O3/c1-23-8-5-15(27)13-20(23)25(11-12-25)14-17-18(23)6-9-24(2)22(17)16-3-4-19(16)26(24)10-7-21(28)29-26/h6,9,13,16-19,22H,3-5,7-8,10-12,14H2,1-2H3/t16?,17?,18?,19?,22?,23-,24+,26+/m1/s1. The molecule has 0 aromatic rings. The number of rotatable bonds is 0. The summed E-state index contributed by atoms with van der Waals surface area (Å²) in [4.78, 5) is 24.6. The van der Waals surface area contributed by atoms with Gasteiger partial charge in [-0.05, 0) is 85.5 Å². The maximum atomic E-state index is 12.3. The van der Waals surface area contributed by atoms with Gasteiger partial charge in [0.15, 0.2) is 5.78 Å². The number of ether oxygens (including phenoxy) is 1. The molecule has 0 bridgehead atoms. The van der Waals surface area contributed by atoms with Crippen molar-refractivity contribution in [2.45, 2.75) is 77.2 Å². The van der Waals surface area contributed by atoms with Crippen molar-refractivity contribution in [2.24, 2.45) is 45.8 Å². The van der Waals surface area contributed by atoms with E-state index in [1.54, 1.807) is 0 Å². The van der Waals surface area contributed by atoms with Crippen LogP contribution in [0.5, 0.6) is 0 Å². The predicted octanol–water partition coefficient (Wildman–Crippen LogP) is 5.01. The molecule has 5 unspecified atom stereocenters. The van der Waals surface area contributed by atoms with Crippen LogP contribution < -0.4 is 0 Å². The Balaban J connectivity index is 1.39. The highest BCUT2D eigenvalue weighted by Gasteiger charge is 2.76. The van der Waals surface area contributed by atoms with Gasteiger partial charge in [-0.25, -0.2) is 0 Å². The molecular formula is C26H32O3. The zero-order valence-electron chi connectivity index (χ0n) is 17.7. The number of fused-ring (bicyclic) bond motifs is 10. The molecule has 0 aromatic carbocycles. The molecule has 4 saturated carbocycles. The fourth-order valence-electron chi connectivity index (χ4n) is 9.72. The van der Waals surface area contributed by atoms with Crippen molar-refractivity contribution in [3.8, 4) is 0 Å². The van der Waals surface area contributed by atoms with Gasteiger partial charge in [-0.2, -0.15) is 0 Å². The van der Waals surface area contributed by atoms with Crippen molar-refractivity contribution in [1.82, 2.24) is 0 Å². The highest BCUT2D eigenvalue weighted by molar-refractivity contribution is 5.92. The second-order valence-corrected chi connectivity index (χ2v) is 12.0. The van der Waals surface area contributed by atoms with Gasteiger partial charge in [0.25, 0.3) is 0 Å². The van der Waals surface area contributed by atoms with E-state index in [4.69, 9.17) is 4.74 Å². The summed E-state index contributed by atoms with van der Waals surface area (Å²) in [6.07, 6.45) is 16.7. The molecule has 1 heterocycles. The minimum atomic E-state index is -0.241. The van der Waals surface area contributed by atoms with Gasteiger partial charge >= 0.3 is 5.97 Å². The van der Waals surface area contributed by atoms with E-state index < -0.39 is 0 Å². The molecule has 5 fully saturated rings. The van der Waals surface area contributed by atoms with Crippen LogP contribution in [0.25, 0.3) is 0 Å². The van der Waals surface area contributed by atoms with Crippen LogP contribution >= 0.6 is 0 Å². The Labute approximate surface area is 173 Å². The molecule has 1 saturated heterocycles. The van der Waals surface area contributed by atoms with Crippen LogP contribution in [0.1, 0.15) is 71.6 Å². The van der Waals surface area contributed by atoms with E-state index in [1.165, 1.54) is 37.7 Å². The largest absolute Gasteiger partial charge is 0.458 e. The smallest absolute Gasteiger partial charge is 0.306 e. The Bertz CT molecular complexity index is 909. The molecule has 0 aromatic heterocycles. The minimum absolute atomic E-state index is 0.00962. The van der Waals surface area contributed by atoms with Crippen LogP contribution in [0.3, 0.4) is 0 Å². The van der Waals surface area contributed by atoms with Crippen molar-refractivity contribution in [1.29, 1.82) is 0 Å². The van der Waals surface area contributed by atoms with Gasteiger partial charge in [0, 0.05) is 24.2 Å². The lowest BCUT2D eigenvalue weighted by molar-refractivity contribution is -0.164. The zero-order chi connectivity index (χ0) is 19.8. The Hall–Kier alpha value is -1.38. The molecule has 29 heavy (non-hydrogen) atoms. The zero-order valence-corrected chi connectivity index (χ0v) is 17.7. The molecule has 1 aliphatic heterocycles. The van der Waals surface area contributed by atoms with E-state index >= 15 is 0 Å². The first kappa shape index (κ1) is 17.3. The third-order valence-corrected chi connectivity index (χ3v) is 11.2. The molecule has 0 radical (unpaired) electrons. The topological polar surface area (TPSA) is 43.4 Å². The second-order valence-electron chi connectivity index (χ2n) is 12.0. The average Bonchev–Trinajstić information content (AvgIpc) is 3.28. The van der Waals surface area contributed by atoms with Crippen LogP contribution in [0, 0.1) is 45.8 Å². The van der Waals surface area contributed by atoms with E-state index in [0.29, 0.717) is 47.7 Å². The molecule has 0 N–H and O–H groups in total. The summed E-state index contributed by atoms with van der Waals surface area (Å²) >= 11 is 0. The molecular weight excluding hydrogens is 360 g/mol. The summed E-state index contributed by atoms with van der Waals surface area (Å²) in [5, 5.41) is 0. The molecule has 3 heteroatoms.